The van der Waals surface area contributed by atoms with Crippen LogP contribution < -0.4 is 54.0 Å². The van der Waals surface area contributed by atoms with Crippen LogP contribution in [0, 0.1) is 3.57 Å². The highest BCUT2D eigenvalue weighted by atomic mass is 127. The van der Waals surface area contributed by atoms with Gasteiger partial charge in [-0.2, -0.15) is 0 Å². The number of para-hydroxylation sites is 1. The zero-order chi connectivity index (χ0) is 66.8. The quantitative estimate of drug-likeness (QED) is 0.0302. The lowest BCUT2D eigenvalue weighted by Crippen LogP contribution is -2.61. The molecule has 94 heavy (non-hydrogen) atoms. The van der Waals surface area contributed by atoms with E-state index in [-0.39, 0.29) is 61.8 Å². The number of carbonyl (C=O) groups excluding carboxylic acids is 8. The molecule has 1 fully saturated rings. The van der Waals surface area contributed by atoms with Crippen LogP contribution in [0.2, 0.25) is 5.02 Å². The number of fused-ring (bicyclic) bond motifs is 2. The van der Waals surface area contributed by atoms with Gasteiger partial charge in [-0.1, -0.05) is 180 Å². The summed E-state index contributed by atoms with van der Waals surface area (Å²) in [7, 11) is 2.11. The molecule has 24 heteroatoms. The van der Waals surface area contributed by atoms with Crippen molar-refractivity contribution in [3.05, 3.63) is 218 Å². The average Bonchev–Trinajstić information content (AvgIpc) is 1.56. The summed E-state index contributed by atoms with van der Waals surface area (Å²) < 4.78 is 0.446. The highest BCUT2D eigenvalue weighted by Gasteiger charge is 2.36. The Morgan fingerprint density at radius 2 is 1.14 bits per heavy atom. The molecule has 8 aromatic rings. The summed E-state index contributed by atoms with van der Waals surface area (Å²) >= 11 is 8.10. The molecule has 1 aliphatic rings. The van der Waals surface area contributed by atoms with Crippen LogP contribution in [0.15, 0.2) is 170 Å². The lowest BCUT2D eigenvalue weighted by atomic mass is 9.99. The Morgan fingerprint density at radius 1 is 0.596 bits per heavy atom. The van der Waals surface area contributed by atoms with Gasteiger partial charge in [-0.25, -0.2) is 0 Å². The highest BCUT2D eigenvalue weighted by Crippen LogP contribution is 2.26. The average molecular weight is 1440 g/mol. The molecule has 1 aliphatic heterocycles. The maximum Gasteiger partial charge on any atom is 0.244 e. The lowest BCUT2D eigenvalue weighted by Gasteiger charge is -2.29. The minimum Gasteiger partial charge on any atom is -0.507 e. The number of rotatable bonds is 20. The lowest BCUT2D eigenvalue weighted by molar-refractivity contribution is -0.135. The van der Waals surface area contributed by atoms with Crippen LogP contribution in [0.25, 0.3) is 21.7 Å². The number of nitrogens with two attached hydrogens (primary N) is 2. The van der Waals surface area contributed by atoms with E-state index in [0.717, 1.165) is 48.8 Å². The summed E-state index contributed by atoms with van der Waals surface area (Å²) in [6.45, 7) is 4.62. The van der Waals surface area contributed by atoms with Crippen molar-refractivity contribution in [3.8, 4) is 5.75 Å². The molecule has 0 spiro atoms. The van der Waals surface area contributed by atoms with E-state index in [1.165, 1.54) is 6.07 Å². The number of aromatic amines is 1. The molecule has 490 valence electrons. The number of phenolic OH excluding ortho intramolecular Hbond substituents is 1. The molecule has 1 saturated heterocycles. The van der Waals surface area contributed by atoms with Crippen LogP contribution >= 0.6 is 55.8 Å². The molecule has 0 bridgehead atoms. The fourth-order valence-corrected chi connectivity index (χ4v) is 13.8. The number of aromatic nitrogens is 1. The first-order chi connectivity index (χ1) is 45.2. The molecule has 0 saturated carbocycles. The Labute approximate surface area is 571 Å². The van der Waals surface area contributed by atoms with Gasteiger partial charge in [-0.05, 0) is 109 Å². The number of nitrogens with one attached hydrogen (secondary N) is 9. The molecule has 20 nitrogen and oxygen atoms in total. The van der Waals surface area contributed by atoms with Gasteiger partial charge in [0.2, 0.25) is 47.3 Å². The van der Waals surface area contributed by atoms with Crippen LogP contribution in [0.4, 0.5) is 0 Å². The summed E-state index contributed by atoms with van der Waals surface area (Å²) in [6, 6.07) is 37.7. The minimum absolute atomic E-state index is 0.0140. The number of halogens is 2. The van der Waals surface area contributed by atoms with E-state index < -0.39 is 95.6 Å². The third-order valence-corrected chi connectivity index (χ3v) is 19.5. The first-order valence-electron chi connectivity index (χ1n) is 30.7. The molecular weight excluding hydrogens is 1370 g/mol. The number of carbonyl (C=O) groups is 8. The molecule has 8 amide bonds. The molecule has 0 aliphatic carbocycles. The van der Waals surface area contributed by atoms with Gasteiger partial charge < -0.3 is 64.1 Å². The van der Waals surface area contributed by atoms with Gasteiger partial charge in [0.15, 0.2) is 0 Å². The molecule has 7 aromatic carbocycles. The number of hydrogen-bond donors (Lipinski definition) is 12. The zero-order valence-electron chi connectivity index (χ0n) is 51.7. The molecule has 8 atom stereocenters. The number of amides is 8. The molecular formula is C70H75ClIN11O9S2. The van der Waals surface area contributed by atoms with Crippen molar-refractivity contribution in [1.82, 2.24) is 47.5 Å². The first kappa shape index (κ1) is 69.9. The number of hydrogen-bond acceptors (Lipinski definition) is 13. The SMILES string of the molecule is CC(C)NCc1ccc(C[C@@H]2NC(=O)[C@@H](Cc3c[nH]c4ccccc34)NC(=O)[C@H](Cc3ccccc3)NC(=O)[C@H](NC(=O)[C@@H](N)Cc3ccc(Cl)cc3)CSSC[C@@H](C(=O)N[C@@H](Cc3ccc4ccccc4c3)C(N)=O)NC(=O)[C@H](Cc3ccc(O)c(I)c3)NC2=O)cc1. The van der Waals surface area contributed by atoms with Crippen LogP contribution in [0.1, 0.15) is 52.8 Å². The Balaban J connectivity index is 1.11. The van der Waals surface area contributed by atoms with E-state index in [2.05, 4.69) is 47.5 Å². The second-order valence-corrected chi connectivity index (χ2v) is 27.7. The molecule has 0 unspecified atom stereocenters. The predicted molar refractivity (Wildman–Crippen MR) is 377 cm³/mol. The third-order valence-electron chi connectivity index (χ3n) is 16.0. The van der Waals surface area contributed by atoms with Crippen molar-refractivity contribution in [2.75, 3.05) is 11.5 Å². The van der Waals surface area contributed by atoms with Crippen molar-refractivity contribution in [2.45, 2.75) is 113 Å². The van der Waals surface area contributed by atoms with E-state index in [1.807, 2.05) is 127 Å². The summed E-state index contributed by atoms with van der Waals surface area (Å²) in [4.78, 5) is 122. The second kappa shape index (κ2) is 33.6. The van der Waals surface area contributed by atoms with Gasteiger partial charge in [0.1, 0.15) is 48.0 Å². The van der Waals surface area contributed by atoms with E-state index in [1.54, 1.807) is 72.9 Å². The van der Waals surface area contributed by atoms with Gasteiger partial charge in [-0.15, -0.1) is 0 Å². The maximum atomic E-state index is 15.4. The number of aromatic hydroxyl groups is 1. The van der Waals surface area contributed by atoms with Crippen LogP contribution in [0.5, 0.6) is 5.75 Å². The number of H-pyrrole nitrogens is 1. The summed E-state index contributed by atoms with van der Waals surface area (Å²) in [5, 5.41) is 37.1. The molecule has 9 rings (SSSR count). The van der Waals surface area contributed by atoms with Crippen LogP contribution in [0.3, 0.4) is 0 Å². The second-order valence-electron chi connectivity index (χ2n) is 23.5. The molecule has 2 heterocycles. The standard InChI is InChI=1S/C70H75ClIN11O9S2/c1-40(2)75-36-44-18-16-43(17-19-44)32-57-65(87)79-58(34-46-23-27-62(84)52(72)29-46)67(89)83-61(69(91)77-55(63(74)85)33-45-20-24-47-12-6-7-13-48(47)28-45)39-94-93-38-60(82-64(86)53(73)30-42-21-25-50(71)26-22-42)70(92)80-56(31-41-10-4-3-5-11-41)66(88)81-59(68(90)78-57)35-49-37-76-54-15-9-8-14-51(49)54/h3-29,37,40,53,55-61,75-76,84H,30-36,38-39,73H2,1-2H3,(H2,74,85)(H,77,91)(H,78,90)(H,79,87)(H,80,92)(H,81,88)(H,82,86)(H,83,89)/t53-,55-,56-,57-,58-,59+,60+,61-/m0/s1. The fraction of sp³-hybridized carbons (Fsp3) is 0.286. The molecule has 14 N–H and O–H groups in total. The smallest absolute Gasteiger partial charge is 0.244 e. The molecule has 0 radical (unpaired) electrons. The first-order valence-corrected chi connectivity index (χ1v) is 34.7. The van der Waals surface area contributed by atoms with Crippen LogP contribution in [-0.4, -0.2) is 123 Å². The van der Waals surface area contributed by atoms with Crippen molar-refractivity contribution >= 4 is 125 Å². The Bertz CT molecular complexity index is 4000. The Kier molecular flexibility index (Phi) is 25.0. The molecule has 1 aromatic heterocycles. The zero-order valence-corrected chi connectivity index (χ0v) is 56.2. The summed E-state index contributed by atoms with van der Waals surface area (Å²) in [6.07, 6.45) is 1.31. The predicted octanol–water partition coefficient (Wildman–Crippen LogP) is 6.14. The topological polar surface area (TPSA) is 321 Å². The van der Waals surface area contributed by atoms with E-state index in [9.17, 15) is 19.5 Å². The van der Waals surface area contributed by atoms with Crippen molar-refractivity contribution in [2.24, 2.45) is 11.5 Å². The van der Waals surface area contributed by atoms with Gasteiger partial charge in [0.05, 0.1) is 9.61 Å². The number of primary amides is 1. The highest BCUT2D eigenvalue weighted by molar-refractivity contribution is 14.1. The fourth-order valence-electron chi connectivity index (χ4n) is 10.8. The monoisotopic (exact) mass is 1440 g/mol. The third kappa shape index (κ3) is 20.0. The van der Waals surface area contributed by atoms with Gasteiger partial charge >= 0.3 is 0 Å². The largest absolute Gasteiger partial charge is 0.507 e. The number of benzene rings is 7. The maximum absolute atomic E-state index is 15.4. The van der Waals surface area contributed by atoms with Gasteiger partial charge in [0.25, 0.3) is 0 Å². The summed E-state index contributed by atoms with van der Waals surface area (Å²) in [5.41, 5.74) is 18.0. The van der Waals surface area contributed by atoms with Crippen molar-refractivity contribution < 1.29 is 43.5 Å². The normalized spacial score (nSPS) is 19.4. The summed E-state index contributed by atoms with van der Waals surface area (Å²) in [5.74, 6) is -6.81. The minimum atomic E-state index is -1.47. The van der Waals surface area contributed by atoms with E-state index >= 15 is 24.0 Å². The van der Waals surface area contributed by atoms with E-state index in [4.69, 9.17) is 23.1 Å². The van der Waals surface area contributed by atoms with Gasteiger partial charge in [0, 0.05) is 78.3 Å². The van der Waals surface area contributed by atoms with Crippen molar-refractivity contribution in [1.29, 1.82) is 0 Å². The van der Waals surface area contributed by atoms with E-state index in [0.29, 0.717) is 48.5 Å². The Morgan fingerprint density at radius 3 is 1.80 bits per heavy atom. The van der Waals surface area contributed by atoms with Crippen LogP contribution in [-0.2, 0) is 83.4 Å². The van der Waals surface area contributed by atoms with Gasteiger partial charge in [-0.3, -0.25) is 38.4 Å². The van der Waals surface area contributed by atoms with Crippen molar-refractivity contribution in [3.63, 3.8) is 0 Å². The number of phenols is 1. The Hall–Kier alpha value is -8.46.